The van der Waals surface area contributed by atoms with E-state index in [1.165, 1.54) is 31.0 Å². The molecule has 2 rings (SSSR count). The quantitative estimate of drug-likeness (QED) is 0.299. The smallest absolute Gasteiger partial charge is 0.349 e. The van der Waals surface area contributed by atoms with E-state index >= 15 is 0 Å². The predicted octanol–water partition coefficient (Wildman–Crippen LogP) is 2.79. The van der Waals surface area contributed by atoms with E-state index in [1.807, 2.05) is 24.3 Å². The van der Waals surface area contributed by atoms with E-state index in [-0.39, 0.29) is 5.57 Å². The first-order valence-corrected chi connectivity index (χ1v) is 6.83. The fourth-order valence-electron chi connectivity index (χ4n) is 1.41. The summed E-state index contributed by atoms with van der Waals surface area (Å²) in [6.45, 7) is 3.02. The number of cyclic esters (lactones) is 2. The molecule has 1 aliphatic rings. The van der Waals surface area contributed by atoms with Crippen LogP contribution in [0, 0.1) is 0 Å². The van der Waals surface area contributed by atoms with Gasteiger partial charge in [0.15, 0.2) is 5.57 Å². The van der Waals surface area contributed by atoms with E-state index in [1.54, 1.807) is 0 Å². The molecule has 1 aliphatic heterocycles. The van der Waals surface area contributed by atoms with Gasteiger partial charge < -0.3 is 9.47 Å². The van der Waals surface area contributed by atoms with Crippen molar-refractivity contribution in [1.82, 2.24) is 0 Å². The molecule has 0 unspecified atom stereocenters. The summed E-state index contributed by atoms with van der Waals surface area (Å²) in [7, 11) is 0. The number of thiol groups is 1. The molecule has 1 heterocycles. The van der Waals surface area contributed by atoms with Gasteiger partial charge in [0.2, 0.25) is 0 Å². The van der Waals surface area contributed by atoms with Crippen molar-refractivity contribution in [3.8, 4) is 0 Å². The Morgan fingerprint density at radius 2 is 1.63 bits per heavy atom. The Balaban J connectivity index is 2.13. The molecule has 0 amide bonds. The zero-order valence-electron chi connectivity index (χ0n) is 10.4. The third-order valence-corrected chi connectivity index (χ3v) is 3.46. The summed E-state index contributed by atoms with van der Waals surface area (Å²) in [6.07, 6.45) is 0. The van der Waals surface area contributed by atoms with Gasteiger partial charge in [-0.3, -0.25) is 0 Å². The molecule has 1 aromatic rings. The minimum absolute atomic E-state index is 0.0979. The predicted molar refractivity (Wildman–Crippen MR) is 73.9 cm³/mol. The highest BCUT2D eigenvalue weighted by Gasteiger charge is 2.38. The molecule has 100 valence electrons. The van der Waals surface area contributed by atoms with Crippen LogP contribution in [0.3, 0.4) is 0 Å². The van der Waals surface area contributed by atoms with Gasteiger partial charge in [-0.2, -0.15) is 0 Å². The summed E-state index contributed by atoms with van der Waals surface area (Å²) < 4.78 is 9.98. The van der Waals surface area contributed by atoms with Gasteiger partial charge >= 0.3 is 11.9 Å². The molecular formula is C13H12O4S2. The number of rotatable bonds is 2. The van der Waals surface area contributed by atoms with E-state index in [4.69, 9.17) is 9.47 Å². The summed E-state index contributed by atoms with van der Waals surface area (Å²) in [5, 5.41) is 1.44. The van der Waals surface area contributed by atoms with E-state index in [0.717, 1.165) is 9.79 Å². The largest absolute Gasteiger partial charge is 0.419 e. The number of hydrogen-bond donors (Lipinski definition) is 1. The van der Waals surface area contributed by atoms with Crippen molar-refractivity contribution in [1.29, 1.82) is 0 Å². The lowest BCUT2D eigenvalue weighted by Gasteiger charge is -2.29. The third kappa shape index (κ3) is 3.54. The maximum absolute atomic E-state index is 11.7. The molecule has 0 atom stereocenters. The molecule has 4 nitrogen and oxygen atoms in total. The lowest BCUT2D eigenvalue weighted by molar-refractivity contribution is -0.222. The van der Waals surface area contributed by atoms with E-state index < -0.39 is 17.7 Å². The second-order valence-electron chi connectivity index (χ2n) is 4.32. The molecule has 19 heavy (non-hydrogen) atoms. The highest BCUT2D eigenvalue weighted by molar-refractivity contribution is 8.02. The van der Waals surface area contributed by atoms with Crippen molar-refractivity contribution in [2.24, 2.45) is 0 Å². The first-order valence-electron chi connectivity index (χ1n) is 5.50. The SMILES string of the molecule is CC1(C)OC(=O)C(=CSc2ccc(S)cc2)C(=O)O1. The van der Waals surface area contributed by atoms with Gasteiger partial charge in [-0.1, -0.05) is 11.8 Å². The third-order valence-electron chi connectivity index (χ3n) is 2.27. The Bertz CT molecular complexity index is 524. The van der Waals surface area contributed by atoms with Gasteiger partial charge in [0.05, 0.1) is 0 Å². The molecular weight excluding hydrogens is 284 g/mol. The second kappa shape index (κ2) is 5.30. The molecule has 1 fully saturated rings. The number of carbonyl (C=O) groups is 2. The number of esters is 2. The van der Waals surface area contributed by atoms with Crippen LogP contribution in [-0.2, 0) is 19.1 Å². The molecule has 0 N–H and O–H groups in total. The van der Waals surface area contributed by atoms with Gasteiger partial charge in [0.1, 0.15) is 0 Å². The minimum atomic E-state index is -1.20. The first-order chi connectivity index (χ1) is 8.87. The zero-order chi connectivity index (χ0) is 14.0. The monoisotopic (exact) mass is 296 g/mol. The topological polar surface area (TPSA) is 52.6 Å². The molecule has 1 aromatic carbocycles. The number of benzene rings is 1. The second-order valence-corrected chi connectivity index (χ2v) is 5.78. The van der Waals surface area contributed by atoms with E-state index in [9.17, 15) is 9.59 Å². The highest BCUT2D eigenvalue weighted by Crippen LogP contribution is 2.27. The van der Waals surface area contributed by atoms with Crippen LogP contribution in [0.2, 0.25) is 0 Å². The van der Waals surface area contributed by atoms with Gasteiger partial charge in [0, 0.05) is 23.6 Å². The van der Waals surface area contributed by atoms with Crippen molar-refractivity contribution < 1.29 is 19.1 Å². The number of hydrogen-bond acceptors (Lipinski definition) is 6. The Morgan fingerprint density at radius 3 is 2.16 bits per heavy atom. The number of ether oxygens (including phenoxy) is 2. The molecule has 1 saturated heterocycles. The van der Waals surface area contributed by atoms with Crippen LogP contribution in [-0.4, -0.2) is 17.7 Å². The summed E-state index contributed by atoms with van der Waals surface area (Å²) in [4.78, 5) is 25.1. The molecule has 0 aromatic heterocycles. The lowest BCUT2D eigenvalue weighted by atomic mass is 10.2. The summed E-state index contributed by atoms with van der Waals surface area (Å²) in [5.74, 6) is -2.54. The van der Waals surface area contributed by atoms with Crippen LogP contribution in [0.25, 0.3) is 0 Å². The van der Waals surface area contributed by atoms with E-state index in [0.29, 0.717) is 0 Å². The Morgan fingerprint density at radius 1 is 1.11 bits per heavy atom. The normalized spacial score (nSPS) is 17.7. The lowest BCUT2D eigenvalue weighted by Crippen LogP contribution is -2.41. The van der Waals surface area contributed by atoms with Crippen molar-refractivity contribution in [2.75, 3.05) is 0 Å². The van der Waals surface area contributed by atoms with Crippen molar-refractivity contribution in [3.05, 3.63) is 35.2 Å². The van der Waals surface area contributed by atoms with Gasteiger partial charge in [-0.25, -0.2) is 9.59 Å². The van der Waals surface area contributed by atoms with Crippen molar-refractivity contribution in [3.63, 3.8) is 0 Å². The Kier molecular flexibility index (Phi) is 3.91. The number of thioether (sulfide) groups is 1. The van der Waals surface area contributed by atoms with Crippen LogP contribution in [0.1, 0.15) is 13.8 Å². The molecule has 0 aliphatic carbocycles. The standard InChI is InChI=1S/C13H12O4S2/c1-13(2)16-11(14)10(12(15)17-13)7-19-9-5-3-8(18)4-6-9/h3-7,18H,1-2H3. The van der Waals surface area contributed by atoms with Gasteiger partial charge in [-0.15, -0.1) is 12.6 Å². The van der Waals surface area contributed by atoms with Crippen molar-refractivity contribution >= 4 is 36.3 Å². The van der Waals surface area contributed by atoms with Crippen molar-refractivity contribution in [2.45, 2.75) is 29.4 Å². The first kappa shape index (κ1) is 14.0. The average molecular weight is 296 g/mol. The Labute approximate surface area is 120 Å². The van der Waals surface area contributed by atoms with Crippen LogP contribution >= 0.6 is 24.4 Å². The van der Waals surface area contributed by atoms with Crippen LogP contribution in [0.5, 0.6) is 0 Å². The molecule has 6 heteroatoms. The maximum atomic E-state index is 11.7. The summed E-state index contributed by atoms with van der Waals surface area (Å²) in [6, 6.07) is 7.33. The van der Waals surface area contributed by atoms with Gasteiger partial charge in [0.25, 0.3) is 5.79 Å². The molecule has 0 bridgehead atoms. The molecule has 0 radical (unpaired) electrons. The van der Waals surface area contributed by atoms with Crippen LogP contribution in [0.15, 0.2) is 45.0 Å². The maximum Gasteiger partial charge on any atom is 0.349 e. The summed E-state index contributed by atoms with van der Waals surface area (Å²) in [5.41, 5.74) is -0.0979. The van der Waals surface area contributed by atoms with Crippen LogP contribution < -0.4 is 0 Å². The van der Waals surface area contributed by atoms with Gasteiger partial charge in [-0.05, 0) is 29.7 Å². The molecule has 0 saturated carbocycles. The highest BCUT2D eigenvalue weighted by atomic mass is 32.2. The molecule has 0 spiro atoms. The minimum Gasteiger partial charge on any atom is -0.419 e. The number of carbonyl (C=O) groups excluding carboxylic acids is 2. The average Bonchev–Trinajstić information content (AvgIpc) is 2.29. The fraction of sp³-hybridized carbons (Fsp3) is 0.231. The van der Waals surface area contributed by atoms with Crippen LogP contribution in [0.4, 0.5) is 0 Å². The van der Waals surface area contributed by atoms with E-state index in [2.05, 4.69) is 12.6 Å². The fourth-order valence-corrected chi connectivity index (χ4v) is 2.30. The Hall–Kier alpha value is -1.40. The summed E-state index contributed by atoms with van der Waals surface area (Å²) >= 11 is 5.42. The zero-order valence-corrected chi connectivity index (χ0v) is 12.1.